The summed E-state index contributed by atoms with van der Waals surface area (Å²) in [6.45, 7) is 10.7. The number of nitrogens with zero attached hydrogens (tertiary/aromatic N) is 2. The number of amides is 2. The van der Waals surface area contributed by atoms with Gasteiger partial charge in [-0.25, -0.2) is 4.79 Å². The predicted molar refractivity (Wildman–Crippen MR) is 115 cm³/mol. The highest BCUT2D eigenvalue weighted by Crippen LogP contribution is 2.28. The lowest BCUT2D eigenvalue weighted by Gasteiger charge is -2.36. The number of carbonyl (C=O) groups excluding carboxylic acids is 2. The summed E-state index contributed by atoms with van der Waals surface area (Å²) in [4.78, 5) is 28.5. The van der Waals surface area contributed by atoms with Crippen molar-refractivity contribution in [2.45, 2.75) is 33.6 Å². The van der Waals surface area contributed by atoms with Crippen LogP contribution in [-0.4, -0.2) is 42.9 Å². The summed E-state index contributed by atoms with van der Waals surface area (Å²) < 4.78 is 0. The third-order valence-electron chi connectivity index (χ3n) is 5.34. The van der Waals surface area contributed by atoms with E-state index >= 15 is 0 Å². The van der Waals surface area contributed by atoms with Gasteiger partial charge in [0, 0.05) is 43.1 Å². The third kappa shape index (κ3) is 4.35. The van der Waals surface area contributed by atoms with Crippen molar-refractivity contribution in [3.05, 3.63) is 59.2 Å². The summed E-state index contributed by atoms with van der Waals surface area (Å²) in [5.41, 5.74) is 4.93. The van der Waals surface area contributed by atoms with Crippen LogP contribution >= 0.6 is 0 Å². The monoisotopic (exact) mass is 379 g/mol. The Morgan fingerprint density at radius 2 is 1.68 bits per heavy atom. The molecule has 5 heteroatoms. The van der Waals surface area contributed by atoms with E-state index in [1.165, 1.54) is 0 Å². The second kappa shape index (κ2) is 8.46. The molecule has 148 valence electrons. The van der Waals surface area contributed by atoms with E-state index in [2.05, 4.69) is 30.1 Å². The molecule has 0 radical (unpaired) electrons. The molecule has 1 heterocycles. The Bertz CT molecular complexity index is 868. The van der Waals surface area contributed by atoms with Gasteiger partial charge in [0.15, 0.2) is 5.78 Å². The maximum absolute atomic E-state index is 12.8. The normalized spacial score (nSPS) is 14.3. The molecule has 3 rings (SSSR count). The van der Waals surface area contributed by atoms with Gasteiger partial charge in [0.1, 0.15) is 0 Å². The van der Waals surface area contributed by atoms with Gasteiger partial charge in [-0.3, -0.25) is 4.79 Å². The molecule has 1 aliphatic rings. The molecule has 1 N–H and O–H groups in total. The Morgan fingerprint density at radius 3 is 2.32 bits per heavy atom. The fraction of sp³-hybridized carbons (Fsp3) is 0.391. The lowest BCUT2D eigenvalue weighted by atomic mass is 9.98. The smallest absolute Gasteiger partial charge is 0.321 e. The summed E-state index contributed by atoms with van der Waals surface area (Å²) in [5.74, 6) is 0.416. The molecule has 28 heavy (non-hydrogen) atoms. The molecule has 5 nitrogen and oxygen atoms in total. The zero-order valence-corrected chi connectivity index (χ0v) is 17.2. The zero-order chi connectivity index (χ0) is 20.3. The van der Waals surface area contributed by atoms with E-state index in [9.17, 15) is 9.59 Å². The summed E-state index contributed by atoms with van der Waals surface area (Å²) in [7, 11) is 0. The number of para-hydroxylation sites is 1. The number of hydrogen-bond acceptors (Lipinski definition) is 3. The van der Waals surface area contributed by atoms with Crippen molar-refractivity contribution in [3.8, 4) is 0 Å². The van der Waals surface area contributed by atoms with Gasteiger partial charge < -0.3 is 15.1 Å². The van der Waals surface area contributed by atoms with Gasteiger partial charge in [-0.15, -0.1) is 0 Å². The second-order valence-electron chi connectivity index (χ2n) is 7.70. The molecule has 1 aliphatic heterocycles. The minimum Gasteiger partial charge on any atom is -0.368 e. The van der Waals surface area contributed by atoms with Crippen molar-refractivity contribution in [2.75, 3.05) is 36.4 Å². The number of anilines is 2. The quantitative estimate of drug-likeness (QED) is 0.785. The molecular formula is C23H29N3O2. The Morgan fingerprint density at radius 1 is 1.00 bits per heavy atom. The Kier molecular flexibility index (Phi) is 6.02. The van der Waals surface area contributed by atoms with Crippen molar-refractivity contribution in [3.63, 3.8) is 0 Å². The van der Waals surface area contributed by atoms with Crippen LogP contribution in [0.2, 0.25) is 0 Å². The van der Waals surface area contributed by atoms with Crippen LogP contribution in [0.5, 0.6) is 0 Å². The van der Waals surface area contributed by atoms with Crippen LogP contribution < -0.4 is 10.2 Å². The molecule has 0 aromatic heterocycles. The van der Waals surface area contributed by atoms with Gasteiger partial charge in [0.05, 0.1) is 0 Å². The van der Waals surface area contributed by atoms with Gasteiger partial charge in [0.25, 0.3) is 0 Å². The molecule has 0 aliphatic carbocycles. The summed E-state index contributed by atoms with van der Waals surface area (Å²) >= 11 is 0. The van der Waals surface area contributed by atoms with Crippen LogP contribution in [0.3, 0.4) is 0 Å². The predicted octanol–water partition coefficient (Wildman–Crippen LogP) is 4.68. The lowest BCUT2D eigenvalue weighted by molar-refractivity contribution is 0.101. The fourth-order valence-corrected chi connectivity index (χ4v) is 3.62. The number of piperazine rings is 1. The van der Waals surface area contributed by atoms with E-state index in [1.807, 2.05) is 48.2 Å². The van der Waals surface area contributed by atoms with Crippen LogP contribution in [0.15, 0.2) is 42.5 Å². The first-order valence-electron chi connectivity index (χ1n) is 9.88. The number of benzene rings is 2. The topological polar surface area (TPSA) is 52.7 Å². The number of rotatable bonds is 4. The van der Waals surface area contributed by atoms with Gasteiger partial charge in [-0.05, 0) is 43.0 Å². The number of hydrogen-bond donors (Lipinski definition) is 1. The second-order valence-corrected chi connectivity index (χ2v) is 7.70. The summed E-state index contributed by atoms with van der Waals surface area (Å²) in [6, 6.07) is 13.8. The highest BCUT2D eigenvalue weighted by atomic mass is 16.2. The van der Waals surface area contributed by atoms with E-state index in [0.717, 1.165) is 41.2 Å². The number of ketones is 1. The first-order valence-corrected chi connectivity index (χ1v) is 9.88. The fourth-order valence-electron chi connectivity index (χ4n) is 3.62. The molecule has 0 saturated carbocycles. The number of carbonyl (C=O) groups is 2. The zero-order valence-electron chi connectivity index (χ0n) is 17.2. The van der Waals surface area contributed by atoms with E-state index in [0.29, 0.717) is 19.0 Å². The third-order valence-corrected chi connectivity index (χ3v) is 5.34. The van der Waals surface area contributed by atoms with Gasteiger partial charge >= 0.3 is 6.03 Å². The SMILES string of the molecule is CC(=O)c1cccc(N2CCN(C(=O)Nc3c(C)cccc3C(C)C)CC2)c1. The van der Waals surface area contributed by atoms with E-state index < -0.39 is 0 Å². The van der Waals surface area contributed by atoms with Gasteiger partial charge in [0.2, 0.25) is 0 Å². The van der Waals surface area contributed by atoms with Crippen LogP contribution in [0.1, 0.15) is 48.2 Å². The van der Waals surface area contributed by atoms with Crippen molar-refractivity contribution in [2.24, 2.45) is 0 Å². The van der Waals surface area contributed by atoms with Crippen molar-refractivity contribution < 1.29 is 9.59 Å². The molecule has 1 saturated heterocycles. The lowest BCUT2D eigenvalue weighted by Crippen LogP contribution is -2.50. The first kappa shape index (κ1) is 19.9. The Balaban J connectivity index is 1.65. The highest BCUT2D eigenvalue weighted by Gasteiger charge is 2.23. The molecule has 0 bridgehead atoms. The average molecular weight is 380 g/mol. The van der Waals surface area contributed by atoms with Crippen LogP contribution in [0, 0.1) is 6.92 Å². The molecule has 1 fully saturated rings. The van der Waals surface area contributed by atoms with Crippen molar-refractivity contribution in [1.82, 2.24) is 4.90 Å². The Hall–Kier alpha value is -2.82. The van der Waals surface area contributed by atoms with Crippen LogP contribution in [-0.2, 0) is 0 Å². The highest BCUT2D eigenvalue weighted by molar-refractivity contribution is 5.95. The van der Waals surface area contributed by atoms with Crippen LogP contribution in [0.4, 0.5) is 16.2 Å². The first-order chi connectivity index (χ1) is 13.4. The van der Waals surface area contributed by atoms with E-state index in [4.69, 9.17) is 0 Å². The van der Waals surface area contributed by atoms with Gasteiger partial charge in [-0.1, -0.05) is 44.2 Å². The maximum Gasteiger partial charge on any atom is 0.321 e. The minimum atomic E-state index is -0.0478. The minimum absolute atomic E-state index is 0.0478. The molecule has 0 spiro atoms. The molecule has 2 aromatic rings. The van der Waals surface area contributed by atoms with Crippen molar-refractivity contribution >= 4 is 23.2 Å². The Labute approximate surface area is 167 Å². The van der Waals surface area contributed by atoms with E-state index in [-0.39, 0.29) is 11.8 Å². The molecule has 2 aromatic carbocycles. The molecule has 0 unspecified atom stereocenters. The maximum atomic E-state index is 12.8. The average Bonchev–Trinajstić information content (AvgIpc) is 2.69. The standard InChI is InChI=1S/C23H29N3O2/c1-16(2)21-10-5-7-17(3)22(21)24-23(28)26-13-11-25(12-14-26)20-9-6-8-19(15-20)18(4)27/h5-10,15-16H,11-14H2,1-4H3,(H,24,28). The number of nitrogens with one attached hydrogen (secondary N) is 1. The summed E-state index contributed by atoms with van der Waals surface area (Å²) in [6.07, 6.45) is 0. The van der Waals surface area contributed by atoms with Crippen molar-refractivity contribution in [1.29, 1.82) is 0 Å². The summed E-state index contributed by atoms with van der Waals surface area (Å²) in [5, 5.41) is 3.13. The molecule has 0 atom stereocenters. The number of aryl methyl sites for hydroxylation is 1. The van der Waals surface area contributed by atoms with E-state index in [1.54, 1.807) is 6.92 Å². The number of Topliss-reactive ketones (excluding diaryl/α,β-unsaturated/α-hetero) is 1. The molecular weight excluding hydrogens is 350 g/mol. The largest absolute Gasteiger partial charge is 0.368 e. The van der Waals surface area contributed by atoms with Gasteiger partial charge in [-0.2, -0.15) is 0 Å². The number of urea groups is 1. The van der Waals surface area contributed by atoms with Crippen LogP contribution in [0.25, 0.3) is 0 Å². The molecule has 2 amide bonds.